The molecule has 0 aromatic carbocycles. The standard InChI is InChI=1S/C7H12N6O2/c1-9-4(14)3-10-6-11-5(8)12-7(13-6)15-2/h3H2,1-2H3,(H,9,14)(H3,8,10,11,12,13). The van der Waals surface area contributed by atoms with Gasteiger partial charge in [-0.15, -0.1) is 0 Å². The van der Waals surface area contributed by atoms with Crippen LogP contribution in [0.25, 0.3) is 0 Å². The molecule has 1 heterocycles. The number of carbonyl (C=O) groups is 1. The van der Waals surface area contributed by atoms with Crippen molar-refractivity contribution < 1.29 is 9.53 Å². The van der Waals surface area contributed by atoms with Crippen LogP contribution in [0.4, 0.5) is 11.9 Å². The molecule has 1 aromatic heterocycles. The number of hydrogen-bond acceptors (Lipinski definition) is 7. The summed E-state index contributed by atoms with van der Waals surface area (Å²) in [6.45, 7) is 0.0586. The summed E-state index contributed by atoms with van der Waals surface area (Å²) in [6, 6.07) is 0.0990. The molecule has 1 aromatic rings. The molecule has 0 atom stereocenters. The van der Waals surface area contributed by atoms with E-state index in [9.17, 15) is 4.79 Å². The summed E-state index contributed by atoms with van der Waals surface area (Å²) >= 11 is 0. The number of hydrogen-bond donors (Lipinski definition) is 3. The van der Waals surface area contributed by atoms with Crippen molar-refractivity contribution in [1.29, 1.82) is 0 Å². The van der Waals surface area contributed by atoms with E-state index in [1.54, 1.807) is 0 Å². The normalized spacial score (nSPS) is 9.47. The molecule has 0 bridgehead atoms. The number of nitrogen functional groups attached to an aromatic ring is 1. The second kappa shape index (κ2) is 4.94. The van der Waals surface area contributed by atoms with E-state index < -0.39 is 0 Å². The number of methoxy groups -OCH3 is 1. The van der Waals surface area contributed by atoms with Crippen LogP contribution >= 0.6 is 0 Å². The first-order chi connectivity index (χ1) is 7.15. The van der Waals surface area contributed by atoms with Gasteiger partial charge in [0.05, 0.1) is 13.7 Å². The maximum atomic E-state index is 10.9. The number of nitrogens with one attached hydrogen (secondary N) is 2. The van der Waals surface area contributed by atoms with Gasteiger partial charge in [-0.1, -0.05) is 0 Å². The largest absolute Gasteiger partial charge is 0.467 e. The third-order valence-corrected chi connectivity index (χ3v) is 1.50. The van der Waals surface area contributed by atoms with Crippen LogP contribution in [-0.2, 0) is 4.79 Å². The highest BCUT2D eigenvalue weighted by Crippen LogP contribution is 2.07. The first kappa shape index (κ1) is 11.0. The fourth-order valence-corrected chi connectivity index (χ4v) is 0.790. The van der Waals surface area contributed by atoms with Gasteiger partial charge in [0, 0.05) is 7.05 Å². The fourth-order valence-electron chi connectivity index (χ4n) is 0.790. The number of nitrogens with two attached hydrogens (primary N) is 1. The smallest absolute Gasteiger partial charge is 0.322 e. The lowest BCUT2D eigenvalue weighted by molar-refractivity contribution is -0.118. The van der Waals surface area contributed by atoms with Crippen molar-refractivity contribution in [3.63, 3.8) is 0 Å². The Morgan fingerprint density at radius 1 is 1.47 bits per heavy atom. The van der Waals surface area contributed by atoms with E-state index in [0.29, 0.717) is 0 Å². The molecule has 8 heteroatoms. The maximum Gasteiger partial charge on any atom is 0.322 e. The van der Waals surface area contributed by atoms with Crippen LogP contribution in [0.5, 0.6) is 6.01 Å². The van der Waals surface area contributed by atoms with E-state index in [4.69, 9.17) is 10.5 Å². The van der Waals surface area contributed by atoms with Crippen LogP contribution in [0.15, 0.2) is 0 Å². The molecule has 1 rings (SSSR count). The molecule has 1 amide bonds. The Labute approximate surface area is 86.3 Å². The van der Waals surface area contributed by atoms with E-state index in [1.165, 1.54) is 14.2 Å². The third-order valence-electron chi connectivity index (χ3n) is 1.50. The molecule has 82 valence electrons. The molecule has 0 saturated carbocycles. The van der Waals surface area contributed by atoms with Crippen molar-refractivity contribution in [2.75, 3.05) is 31.8 Å². The first-order valence-corrected chi connectivity index (χ1v) is 4.15. The summed E-state index contributed by atoms with van der Waals surface area (Å²) in [5.41, 5.74) is 5.39. The highest BCUT2D eigenvalue weighted by molar-refractivity contribution is 5.79. The van der Waals surface area contributed by atoms with Gasteiger partial charge in [0.25, 0.3) is 0 Å². The first-order valence-electron chi connectivity index (χ1n) is 4.15. The zero-order valence-electron chi connectivity index (χ0n) is 8.44. The Hall–Kier alpha value is -2.12. The number of rotatable bonds is 4. The van der Waals surface area contributed by atoms with E-state index in [-0.39, 0.29) is 30.4 Å². The fraction of sp³-hybridized carbons (Fsp3) is 0.429. The van der Waals surface area contributed by atoms with E-state index >= 15 is 0 Å². The van der Waals surface area contributed by atoms with Gasteiger partial charge in [0.1, 0.15) is 0 Å². The van der Waals surface area contributed by atoms with Gasteiger partial charge in [0.2, 0.25) is 17.8 Å². The number of carbonyl (C=O) groups excluding carboxylic acids is 1. The van der Waals surface area contributed by atoms with Crippen LogP contribution in [0.1, 0.15) is 0 Å². The van der Waals surface area contributed by atoms with E-state index in [2.05, 4.69) is 25.6 Å². The van der Waals surface area contributed by atoms with Crippen molar-refractivity contribution in [1.82, 2.24) is 20.3 Å². The van der Waals surface area contributed by atoms with Crippen LogP contribution in [-0.4, -0.2) is 41.6 Å². The summed E-state index contributed by atoms with van der Waals surface area (Å²) in [4.78, 5) is 22.2. The van der Waals surface area contributed by atoms with Gasteiger partial charge in [-0.3, -0.25) is 4.79 Å². The van der Waals surface area contributed by atoms with Crippen molar-refractivity contribution in [3.8, 4) is 6.01 Å². The lowest BCUT2D eigenvalue weighted by Gasteiger charge is -2.05. The molecule has 0 unspecified atom stereocenters. The maximum absolute atomic E-state index is 10.9. The van der Waals surface area contributed by atoms with Gasteiger partial charge in [-0.05, 0) is 0 Å². The molecule has 0 saturated heterocycles. The summed E-state index contributed by atoms with van der Waals surface area (Å²) in [6.07, 6.45) is 0. The van der Waals surface area contributed by atoms with Gasteiger partial charge in [-0.2, -0.15) is 15.0 Å². The van der Waals surface area contributed by atoms with Crippen LogP contribution in [0, 0.1) is 0 Å². The van der Waals surface area contributed by atoms with Crippen LogP contribution in [0.2, 0.25) is 0 Å². The predicted octanol–water partition coefficient (Wildman–Crippen LogP) is -1.38. The summed E-state index contributed by atoms with van der Waals surface area (Å²) < 4.78 is 4.79. The van der Waals surface area contributed by atoms with E-state index in [0.717, 1.165) is 0 Å². The molecule has 8 nitrogen and oxygen atoms in total. The molecule has 0 radical (unpaired) electrons. The Kier molecular flexibility index (Phi) is 3.61. The Bertz CT molecular complexity index is 355. The van der Waals surface area contributed by atoms with Crippen LogP contribution in [0.3, 0.4) is 0 Å². The minimum atomic E-state index is -0.187. The Morgan fingerprint density at radius 2 is 2.20 bits per heavy atom. The van der Waals surface area contributed by atoms with Crippen molar-refractivity contribution in [2.24, 2.45) is 0 Å². The number of nitrogens with zero attached hydrogens (tertiary/aromatic N) is 3. The van der Waals surface area contributed by atoms with Gasteiger partial charge in [0.15, 0.2) is 0 Å². The van der Waals surface area contributed by atoms with Gasteiger partial charge < -0.3 is 21.1 Å². The summed E-state index contributed by atoms with van der Waals surface area (Å²) in [5, 5.41) is 5.12. The molecular formula is C7H12N6O2. The lowest BCUT2D eigenvalue weighted by atomic mass is 10.6. The second-order valence-corrected chi connectivity index (χ2v) is 2.53. The lowest BCUT2D eigenvalue weighted by Crippen LogP contribution is -2.27. The molecule has 0 fully saturated rings. The molecule has 0 aliphatic carbocycles. The predicted molar refractivity (Wildman–Crippen MR) is 53.3 cm³/mol. The summed E-state index contributed by atoms with van der Waals surface area (Å²) in [5.74, 6) is 0.0390. The number of amides is 1. The highest BCUT2D eigenvalue weighted by atomic mass is 16.5. The SMILES string of the molecule is CNC(=O)CNc1nc(N)nc(OC)n1. The molecule has 0 spiro atoms. The number of likely N-dealkylation sites (N-methyl/N-ethyl adjacent to an activating group) is 1. The van der Waals surface area contributed by atoms with Crippen molar-refractivity contribution in [2.45, 2.75) is 0 Å². The van der Waals surface area contributed by atoms with Gasteiger partial charge >= 0.3 is 6.01 Å². The van der Waals surface area contributed by atoms with Crippen molar-refractivity contribution >= 4 is 17.8 Å². The number of anilines is 2. The van der Waals surface area contributed by atoms with Gasteiger partial charge in [-0.25, -0.2) is 0 Å². The second-order valence-electron chi connectivity index (χ2n) is 2.53. The topological polar surface area (TPSA) is 115 Å². The molecule has 0 aliphatic rings. The minimum Gasteiger partial charge on any atom is -0.467 e. The van der Waals surface area contributed by atoms with E-state index in [1.807, 2.05) is 0 Å². The molecule has 4 N–H and O–H groups in total. The molecule has 0 aliphatic heterocycles. The quantitative estimate of drug-likeness (QED) is 0.563. The van der Waals surface area contributed by atoms with Crippen LogP contribution < -0.4 is 21.1 Å². The average molecular weight is 212 g/mol. The Balaban J connectivity index is 2.68. The monoisotopic (exact) mass is 212 g/mol. The average Bonchev–Trinajstić information content (AvgIpc) is 2.25. The zero-order valence-corrected chi connectivity index (χ0v) is 8.44. The molecular weight excluding hydrogens is 200 g/mol. The zero-order chi connectivity index (χ0) is 11.3. The Morgan fingerprint density at radius 3 is 2.80 bits per heavy atom. The summed E-state index contributed by atoms with van der Waals surface area (Å²) in [7, 11) is 2.95. The third kappa shape index (κ3) is 3.25. The minimum absolute atomic E-state index is 0.0289. The number of aromatic nitrogens is 3. The molecule has 15 heavy (non-hydrogen) atoms. The number of ether oxygens (including phenoxy) is 1. The highest BCUT2D eigenvalue weighted by Gasteiger charge is 2.05. The van der Waals surface area contributed by atoms with Crippen molar-refractivity contribution in [3.05, 3.63) is 0 Å².